The Bertz CT molecular complexity index is 626. The lowest BCUT2D eigenvalue weighted by atomic mass is 10.1. The van der Waals surface area contributed by atoms with Gasteiger partial charge in [0, 0.05) is 30.4 Å². The van der Waals surface area contributed by atoms with Crippen LogP contribution in [-0.2, 0) is 11.3 Å². The van der Waals surface area contributed by atoms with Gasteiger partial charge < -0.3 is 10.6 Å². The Hall–Kier alpha value is -1.91. The largest absolute Gasteiger partial charge is 0.326 e. The Labute approximate surface area is 143 Å². The highest BCUT2D eigenvalue weighted by atomic mass is 35.5. The lowest BCUT2D eigenvalue weighted by molar-refractivity contribution is -0.117. The molecule has 1 aromatic carbocycles. The van der Waals surface area contributed by atoms with Gasteiger partial charge >= 0.3 is 0 Å². The molecular weight excluding hydrogens is 310 g/mol. The minimum atomic E-state index is 0. The number of nitrogens with one attached hydrogen (secondary N) is 2. The zero-order valence-electron chi connectivity index (χ0n) is 13.2. The third kappa shape index (κ3) is 5.05. The first-order chi connectivity index (χ1) is 10.7. The Balaban J connectivity index is 0.00000192. The average molecular weight is 332 g/mol. The van der Waals surface area contributed by atoms with E-state index in [9.17, 15) is 4.79 Å². The van der Waals surface area contributed by atoms with Crippen molar-refractivity contribution in [1.29, 1.82) is 0 Å². The van der Waals surface area contributed by atoms with Crippen molar-refractivity contribution in [3.05, 3.63) is 59.9 Å². The Kier molecular flexibility index (Phi) is 6.13. The van der Waals surface area contributed by atoms with Gasteiger partial charge in [-0.3, -0.25) is 9.78 Å². The van der Waals surface area contributed by atoms with Crippen molar-refractivity contribution in [2.45, 2.75) is 32.4 Å². The van der Waals surface area contributed by atoms with Gasteiger partial charge in [-0.05, 0) is 49.6 Å². The molecule has 0 spiro atoms. The van der Waals surface area contributed by atoms with Crippen molar-refractivity contribution in [2.75, 3.05) is 5.32 Å². The average Bonchev–Trinajstić information content (AvgIpc) is 3.39. The van der Waals surface area contributed by atoms with Crippen molar-refractivity contribution in [3.63, 3.8) is 0 Å². The Morgan fingerprint density at radius 2 is 1.96 bits per heavy atom. The van der Waals surface area contributed by atoms with Crippen LogP contribution in [0.15, 0.2) is 48.7 Å². The van der Waals surface area contributed by atoms with E-state index in [1.54, 1.807) is 6.20 Å². The molecule has 0 aliphatic heterocycles. The number of rotatable bonds is 6. The second kappa shape index (κ2) is 8.09. The zero-order chi connectivity index (χ0) is 15.4. The van der Waals surface area contributed by atoms with Crippen LogP contribution in [0, 0.1) is 5.92 Å². The van der Waals surface area contributed by atoms with Crippen molar-refractivity contribution in [1.82, 2.24) is 10.3 Å². The third-order valence-electron chi connectivity index (χ3n) is 3.94. The van der Waals surface area contributed by atoms with Crippen LogP contribution < -0.4 is 10.6 Å². The lowest BCUT2D eigenvalue weighted by Gasteiger charge is -2.14. The monoisotopic (exact) mass is 331 g/mol. The highest BCUT2D eigenvalue weighted by molar-refractivity contribution is 5.94. The zero-order valence-corrected chi connectivity index (χ0v) is 14.0. The Morgan fingerprint density at radius 1 is 1.22 bits per heavy atom. The number of benzene rings is 1. The fraction of sp³-hybridized carbons (Fsp3) is 0.333. The van der Waals surface area contributed by atoms with E-state index < -0.39 is 0 Å². The molecule has 1 amide bonds. The van der Waals surface area contributed by atoms with Crippen LogP contribution in [0.4, 0.5) is 5.69 Å². The smallest absolute Gasteiger partial charge is 0.227 e. The molecule has 1 aliphatic carbocycles. The predicted molar refractivity (Wildman–Crippen MR) is 94.5 cm³/mol. The van der Waals surface area contributed by atoms with Gasteiger partial charge in [0.05, 0.1) is 5.69 Å². The molecule has 23 heavy (non-hydrogen) atoms. The summed E-state index contributed by atoms with van der Waals surface area (Å²) in [6.45, 7) is 2.86. The number of pyridine rings is 1. The molecule has 4 nitrogen and oxygen atoms in total. The van der Waals surface area contributed by atoms with E-state index in [-0.39, 0.29) is 30.3 Å². The van der Waals surface area contributed by atoms with E-state index in [1.807, 2.05) is 30.3 Å². The molecule has 1 aromatic heterocycles. The summed E-state index contributed by atoms with van der Waals surface area (Å²) in [7, 11) is 0. The quantitative estimate of drug-likeness (QED) is 0.848. The molecule has 122 valence electrons. The normalized spacial score (nSPS) is 14.7. The van der Waals surface area contributed by atoms with Crippen LogP contribution in [0.2, 0.25) is 0 Å². The second-order valence-electron chi connectivity index (χ2n) is 5.81. The van der Waals surface area contributed by atoms with Crippen molar-refractivity contribution >= 4 is 24.0 Å². The summed E-state index contributed by atoms with van der Waals surface area (Å²) in [6.07, 6.45) is 3.86. The van der Waals surface area contributed by atoms with Crippen LogP contribution in [-0.4, -0.2) is 10.9 Å². The van der Waals surface area contributed by atoms with Crippen LogP contribution in [0.5, 0.6) is 0 Å². The number of hydrogen-bond acceptors (Lipinski definition) is 3. The van der Waals surface area contributed by atoms with E-state index >= 15 is 0 Å². The van der Waals surface area contributed by atoms with Crippen LogP contribution in [0.25, 0.3) is 0 Å². The maximum absolute atomic E-state index is 11.7. The molecule has 1 heterocycles. The van der Waals surface area contributed by atoms with Gasteiger partial charge in [0.2, 0.25) is 5.91 Å². The first-order valence-corrected chi connectivity index (χ1v) is 7.76. The number of halogens is 1. The second-order valence-corrected chi connectivity index (χ2v) is 5.81. The van der Waals surface area contributed by atoms with Gasteiger partial charge in [-0.15, -0.1) is 12.4 Å². The number of anilines is 1. The molecule has 3 rings (SSSR count). The molecule has 0 radical (unpaired) electrons. The van der Waals surface area contributed by atoms with Gasteiger partial charge in [0.1, 0.15) is 0 Å². The molecule has 1 aliphatic rings. The van der Waals surface area contributed by atoms with Crippen LogP contribution in [0.1, 0.15) is 37.1 Å². The fourth-order valence-corrected chi connectivity index (χ4v) is 2.32. The Morgan fingerprint density at radius 3 is 2.57 bits per heavy atom. The maximum Gasteiger partial charge on any atom is 0.227 e. The van der Waals surface area contributed by atoms with Crippen molar-refractivity contribution in [2.24, 2.45) is 5.92 Å². The summed E-state index contributed by atoms with van der Waals surface area (Å²) >= 11 is 0. The van der Waals surface area contributed by atoms with E-state index in [0.717, 1.165) is 30.8 Å². The number of aromatic nitrogens is 1. The van der Waals surface area contributed by atoms with Gasteiger partial charge in [0.15, 0.2) is 0 Å². The molecule has 1 saturated carbocycles. The van der Waals surface area contributed by atoms with Crippen molar-refractivity contribution < 1.29 is 4.79 Å². The first kappa shape index (κ1) is 17.4. The minimum Gasteiger partial charge on any atom is -0.326 e. The van der Waals surface area contributed by atoms with Gasteiger partial charge in [-0.1, -0.05) is 18.2 Å². The molecular formula is C18H22ClN3O. The number of carbonyl (C=O) groups is 1. The van der Waals surface area contributed by atoms with E-state index in [2.05, 4.69) is 34.7 Å². The third-order valence-corrected chi connectivity index (χ3v) is 3.94. The van der Waals surface area contributed by atoms with Gasteiger partial charge in [-0.25, -0.2) is 0 Å². The number of nitrogens with zero attached hydrogens (tertiary/aromatic N) is 1. The summed E-state index contributed by atoms with van der Waals surface area (Å²) in [5, 5.41) is 6.41. The SMILES string of the molecule is CC(NCc1ccccn1)c1ccc(NC(=O)C2CC2)cc1.Cl. The molecule has 2 aromatic rings. The highest BCUT2D eigenvalue weighted by Crippen LogP contribution is 2.30. The van der Waals surface area contributed by atoms with Gasteiger partial charge in [-0.2, -0.15) is 0 Å². The maximum atomic E-state index is 11.7. The van der Waals surface area contributed by atoms with Crippen molar-refractivity contribution in [3.8, 4) is 0 Å². The summed E-state index contributed by atoms with van der Waals surface area (Å²) in [5.74, 6) is 0.382. The molecule has 1 fully saturated rings. The van der Waals surface area contributed by atoms with Crippen LogP contribution >= 0.6 is 12.4 Å². The van der Waals surface area contributed by atoms with Crippen LogP contribution in [0.3, 0.4) is 0 Å². The molecule has 5 heteroatoms. The topological polar surface area (TPSA) is 54.0 Å². The number of amides is 1. The number of carbonyl (C=O) groups excluding carboxylic acids is 1. The van der Waals surface area contributed by atoms with E-state index in [0.29, 0.717) is 0 Å². The van der Waals surface area contributed by atoms with Gasteiger partial charge in [0.25, 0.3) is 0 Å². The fourth-order valence-electron chi connectivity index (χ4n) is 2.32. The lowest BCUT2D eigenvalue weighted by Crippen LogP contribution is -2.19. The summed E-state index contributed by atoms with van der Waals surface area (Å²) < 4.78 is 0. The first-order valence-electron chi connectivity index (χ1n) is 7.76. The van der Waals surface area contributed by atoms with E-state index in [1.165, 1.54) is 5.56 Å². The minimum absolute atomic E-state index is 0. The standard InChI is InChI=1S/C18H21N3O.ClH/c1-13(20-12-17-4-2-3-11-19-17)14-7-9-16(10-8-14)21-18(22)15-5-6-15;/h2-4,7-11,13,15,20H,5-6,12H2,1H3,(H,21,22);1H. The molecule has 0 saturated heterocycles. The molecule has 1 atom stereocenters. The predicted octanol–water partition coefficient (Wildman–Crippen LogP) is 3.70. The molecule has 1 unspecified atom stereocenters. The molecule has 0 bridgehead atoms. The summed E-state index contributed by atoms with van der Waals surface area (Å²) in [5.41, 5.74) is 3.10. The summed E-state index contributed by atoms with van der Waals surface area (Å²) in [6, 6.07) is 14.2. The molecule has 2 N–H and O–H groups in total. The highest BCUT2D eigenvalue weighted by Gasteiger charge is 2.29. The summed E-state index contributed by atoms with van der Waals surface area (Å²) in [4.78, 5) is 16.0. The number of hydrogen-bond donors (Lipinski definition) is 2. The van der Waals surface area contributed by atoms with E-state index in [4.69, 9.17) is 0 Å².